The van der Waals surface area contributed by atoms with Gasteiger partial charge in [-0.15, -0.1) is 0 Å². The van der Waals surface area contributed by atoms with Crippen molar-refractivity contribution < 1.29 is 9.84 Å². The van der Waals surface area contributed by atoms with Crippen LogP contribution in [0, 0.1) is 0 Å². The van der Waals surface area contributed by atoms with Crippen LogP contribution in [0.2, 0.25) is 0 Å². The van der Waals surface area contributed by atoms with E-state index in [2.05, 4.69) is 11.8 Å². The smallest absolute Gasteiger partial charge is 0.119 e. The number of benzene rings is 1. The van der Waals surface area contributed by atoms with Gasteiger partial charge in [-0.25, -0.2) is 0 Å². The molecule has 118 valence electrons. The first-order valence-corrected chi connectivity index (χ1v) is 8.06. The monoisotopic (exact) mass is 292 g/mol. The Hall–Kier alpha value is -1.10. The number of aliphatic hydroxyl groups is 1. The highest BCUT2D eigenvalue weighted by molar-refractivity contribution is 5.27. The zero-order valence-electron chi connectivity index (χ0n) is 13.0. The zero-order chi connectivity index (χ0) is 15.1. The summed E-state index contributed by atoms with van der Waals surface area (Å²) in [5.41, 5.74) is 6.65. The third-order valence-corrected chi connectivity index (χ3v) is 3.91. The van der Waals surface area contributed by atoms with Gasteiger partial charge < -0.3 is 15.6 Å². The minimum absolute atomic E-state index is 0.345. The second kappa shape index (κ2) is 8.37. The van der Waals surface area contributed by atoms with E-state index in [4.69, 9.17) is 10.5 Å². The van der Waals surface area contributed by atoms with E-state index in [1.807, 2.05) is 24.3 Å². The summed E-state index contributed by atoms with van der Waals surface area (Å²) in [6.07, 6.45) is 4.51. The lowest BCUT2D eigenvalue weighted by Gasteiger charge is -2.24. The molecule has 0 saturated heterocycles. The molecule has 0 heterocycles. The van der Waals surface area contributed by atoms with E-state index in [0.717, 1.165) is 17.9 Å². The first kappa shape index (κ1) is 16.3. The molecular formula is C17H28N2O2. The van der Waals surface area contributed by atoms with E-state index in [0.29, 0.717) is 25.7 Å². The van der Waals surface area contributed by atoms with E-state index >= 15 is 0 Å². The van der Waals surface area contributed by atoms with Crippen LogP contribution in [0.4, 0.5) is 0 Å². The fourth-order valence-electron chi connectivity index (χ4n) is 2.46. The SMILES string of the molecule is CCCCN(CC(O)COc1ccc(CN)cc1)C1CC1. The van der Waals surface area contributed by atoms with Crippen molar-refractivity contribution >= 4 is 0 Å². The second-order valence-corrected chi connectivity index (χ2v) is 5.89. The molecule has 0 bridgehead atoms. The maximum atomic E-state index is 10.2. The highest BCUT2D eigenvalue weighted by Gasteiger charge is 2.29. The molecule has 4 nitrogen and oxygen atoms in total. The molecule has 2 rings (SSSR count). The Labute approximate surface area is 127 Å². The third-order valence-electron chi connectivity index (χ3n) is 3.91. The Bertz CT molecular complexity index is 404. The summed E-state index contributed by atoms with van der Waals surface area (Å²) in [4.78, 5) is 2.41. The average Bonchev–Trinajstić information content (AvgIpc) is 3.34. The van der Waals surface area contributed by atoms with Gasteiger partial charge in [0.05, 0.1) is 0 Å². The van der Waals surface area contributed by atoms with Crippen LogP contribution in [0.3, 0.4) is 0 Å². The summed E-state index contributed by atoms with van der Waals surface area (Å²) < 4.78 is 5.66. The normalized spacial score (nSPS) is 16.2. The van der Waals surface area contributed by atoms with Crippen LogP contribution in [0.15, 0.2) is 24.3 Å². The Kier molecular flexibility index (Phi) is 6.49. The van der Waals surface area contributed by atoms with Crippen LogP contribution in [-0.4, -0.2) is 41.8 Å². The Morgan fingerprint density at radius 3 is 2.62 bits per heavy atom. The van der Waals surface area contributed by atoms with E-state index in [-0.39, 0.29) is 0 Å². The van der Waals surface area contributed by atoms with Crippen molar-refractivity contribution in [3.05, 3.63) is 29.8 Å². The summed E-state index contributed by atoms with van der Waals surface area (Å²) in [7, 11) is 0. The summed E-state index contributed by atoms with van der Waals surface area (Å²) in [5.74, 6) is 0.790. The van der Waals surface area contributed by atoms with Crippen LogP contribution in [0.1, 0.15) is 38.2 Å². The maximum Gasteiger partial charge on any atom is 0.119 e. The lowest BCUT2D eigenvalue weighted by molar-refractivity contribution is 0.0648. The standard InChI is InChI=1S/C17H28N2O2/c1-2-3-10-19(15-6-7-15)12-16(20)13-21-17-8-4-14(11-18)5-9-17/h4-5,8-9,15-16,20H,2-3,6-7,10-13,18H2,1H3. The topological polar surface area (TPSA) is 58.7 Å². The van der Waals surface area contributed by atoms with Crippen molar-refractivity contribution in [2.75, 3.05) is 19.7 Å². The summed E-state index contributed by atoms with van der Waals surface area (Å²) in [6, 6.07) is 8.42. The first-order chi connectivity index (χ1) is 10.2. The van der Waals surface area contributed by atoms with Crippen molar-refractivity contribution in [3.63, 3.8) is 0 Å². The van der Waals surface area contributed by atoms with Gasteiger partial charge in [0.1, 0.15) is 18.5 Å². The van der Waals surface area contributed by atoms with Crippen LogP contribution in [0.25, 0.3) is 0 Å². The molecule has 0 radical (unpaired) electrons. The number of rotatable bonds is 10. The molecule has 1 aliphatic carbocycles. The number of aliphatic hydroxyl groups excluding tert-OH is 1. The highest BCUT2D eigenvalue weighted by atomic mass is 16.5. The number of nitrogens with zero attached hydrogens (tertiary/aromatic N) is 1. The molecule has 0 amide bonds. The Morgan fingerprint density at radius 1 is 1.33 bits per heavy atom. The maximum absolute atomic E-state index is 10.2. The molecule has 1 aromatic carbocycles. The number of hydrogen-bond acceptors (Lipinski definition) is 4. The molecule has 1 aromatic rings. The molecule has 0 aromatic heterocycles. The minimum Gasteiger partial charge on any atom is -0.491 e. The fraction of sp³-hybridized carbons (Fsp3) is 0.647. The van der Waals surface area contributed by atoms with Crippen LogP contribution < -0.4 is 10.5 Å². The van der Waals surface area contributed by atoms with Gasteiger partial charge in [-0.2, -0.15) is 0 Å². The van der Waals surface area contributed by atoms with Gasteiger partial charge >= 0.3 is 0 Å². The van der Waals surface area contributed by atoms with Crippen molar-refractivity contribution in [1.82, 2.24) is 4.90 Å². The molecule has 1 atom stereocenters. The molecule has 1 saturated carbocycles. The molecule has 1 unspecified atom stereocenters. The highest BCUT2D eigenvalue weighted by Crippen LogP contribution is 2.27. The van der Waals surface area contributed by atoms with Crippen molar-refractivity contribution in [2.24, 2.45) is 5.73 Å². The Morgan fingerprint density at radius 2 is 2.05 bits per heavy atom. The van der Waals surface area contributed by atoms with Crippen LogP contribution in [-0.2, 0) is 6.54 Å². The van der Waals surface area contributed by atoms with Gasteiger partial charge in [-0.1, -0.05) is 25.5 Å². The van der Waals surface area contributed by atoms with Crippen LogP contribution >= 0.6 is 0 Å². The molecule has 0 aliphatic heterocycles. The van der Waals surface area contributed by atoms with Gasteiger partial charge in [0, 0.05) is 19.1 Å². The molecule has 1 fully saturated rings. The predicted molar refractivity (Wildman–Crippen MR) is 85.3 cm³/mol. The lowest BCUT2D eigenvalue weighted by Crippen LogP contribution is -2.37. The largest absolute Gasteiger partial charge is 0.491 e. The number of hydrogen-bond donors (Lipinski definition) is 2. The van der Waals surface area contributed by atoms with E-state index < -0.39 is 6.10 Å². The molecule has 3 N–H and O–H groups in total. The van der Waals surface area contributed by atoms with E-state index in [9.17, 15) is 5.11 Å². The fourth-order valence-corrected chi connectivity index (χ4v) is 2.46. The Balaban J connectivity index is 1.73. The van der Waals surface area contributed by atoms with E-state index in [1.54, 1.807) is 0 Å². The second-order valence-electron chi connectivity index (χ2n) is 5.89. The van der Waals surface area contributed by atoms with Crippen molar-refractivity contribution in [2.45, 2.75) is 51.3 Å². The summed E-state index contributed by atoms with van der Waals surface area (Å²) in [5, 5.41) is 10.2. The van der Waals surface area contributed by atoms with Crippen molar-refractivity contribution in [1.29, 1.82) is 0 Å². The average molecular weight is 292 g/mol. The molecule has 0 spiro atoms. The summed E-state index contributed by atoms with van der Waals surface area (Å²) in [6.45, 7) is 4.89. The zero-order valence-corrected chi connectivity index (χ0v) is 13.0. The number of nitrogens with two attached hydrogens (primary N) is 1. The van der Waals surface area contributed by atoms with Gasteiger partial charge in [0.25, 0.3) is 0 Å². The summed E-state index contributed by atoms with van der Waals surface area (Å²) >= 11 is 0. The molecular weight excluding hydrogens is 264 g/mol. The predicted octanol–water partition coefficient (Wildman–Crippen LogP) is 2.15. The van der Waals surface area contributed by atoms with Crippen LogP contribution in [0.5, 0.6) is 5.75 Å². The van der Waals surface area contributed by atoms with E-state index in [1.165, 1.54) is 25.7 Å². The lowest BCUT2D eigenvalue weighted by atomic mass is 10.2. The first-order valence-electron chi connectivity index (χ1n) is 8.06. The molecule has 4 heteroatoms. The van der Waals surface area contributed by atoms with Gasteiger partial charge in [0.15, 0.2) is 0 Å². The number of unbranched alkanes of at least 4 members (excludes halogenated alkanes) is 1. The van der Waals surface area contributed by atoms with Gasteiger partial charge in [0.2, 0.25) is 0 Å². The number of ether oxygens (including phenoxy) is 1. The van der Waals surface area contributed by atoms with Gasteiger partial charge in [-0.3, -0.25) is 4.90 Å². The molecule has 21 heavy (non-hydrogen) atoms. The quantitative estimate of drug-likeness (QED) is 0.694. The van der Waals surface area contributed by atoms with Crippen molar-refractivity contribution in [3.8, 4) is 5.75 Å². The third kappa shape index (κ3) is 5.65. The molecule has 1 aliphatic rings. The minimum atomic E-state index is -0.434. The van der Waals surface area contributed by atoms with Gasteiger partial charge in [-0.05, 0) is 43.5 Å².